The first kappa shape index (κ1) is 15.0. The average Bonchev–Trinajstić information content (AvgIpc) is 2.90. The Balaban J connectivity index is 2.36. The quantitative estimate of drug-likeness (QED) is 0.889. The standard InChI is InChI=1S/C15H17ClFNO2/c1-2-14-11(5-6-20-14)15(19)12(8-18)10-4-3-9(17)7-13(10)16/h3-7,12,15,19H,2,8,18H2,1H3. The van der Waals surface area contributed by atoms with Gasteiger partial charge in [-0.25, -0.2) is 4.39 Å². The van der Waals surface area contributed by atoms with Crippen molar-refractivity contribution in [1.29, 1.82) is 0 Å². The van der Waals surface area contributed by atoms with Crippen LogP contribution in [0.4, 0.5) is 4.39 Å². The summed E-state index contributed by atoms with van der Waals surface area (Å²) >= 11 is 6.05. The molecule has 2 unspecified atom stereocenters. The predicted molar refractivity (Wildman–Crippen MR) is 76.3 cm³/mol. The molecule has 0 fully saturated rings. The van der Waals surface area contributed by atoms with Gasteiger partial charge in [0.15, 0.2) is 0 Å². The molecule has 20 heavy (non-hydrogen) atoms. The number of nitrogens with two attached hydrogens (primary N) is 1. The number of hydrogen-bond donors (Lipinski definition) is 2. The maximum absolute atomic E-state index is 13.1. The number of aliphatic hydroxyl groups excluding tert-OH is 1. The summed E-state index contributed by atoms with van der Waals surface area (Å²) in [7, 11) is 0. The van der Waals surface area contributed by atoms with Crippen molar-refractivity contribution in [2.45, 2.75) is 25.4 Å². The normalized spacial score (nSPS) is 14.2. The Morgan fingerprint density at radius 2 is 2.10 bits per heavy atom. The van der Waals surface area contributed by atoms with Gasteiger partial charge in [0.2, 0.25) is 0 Å². The fraction of sp³-hybridized carbons (Fsp3) is 0.333. The molecule has 1 heterocycles. The highest BCUT2D eigenvalue weighted by Crippen LogP contribution is 2.36. The minimum absolute atomic E-state index is 0.195. The van der Waals surface area contributed by atoms with E-state index in [1.165, 1.54) is 18.4 Å². The molecule has 2 rings (SSSR count). The van der Waals surface area contributed by atoms with Crippen molar-refractivity contribution in [3.8, 4) is 0 Å². The van der Waals surface area contributed by atoms with Gasteiger partial charge in [-0.2, -0.15) is 0 Å². The number of aryl methyl sites for hydroxylation is 1. The lowest BCUT2D eigenvalue weighted by molar-refractivity contribution is 0.145. The molecule has 0 aliphatic heterocycles. The summed E-state index contributed by atoms with van der Waals surface area (Å²) in [4.78, 5) is 0. The van der Waals surface area contributed by atoms with Gasteiger partial charge in [0.25, 0.3) is 0 Å². The summed E-state index contributed by atoms with van der Waals surface area (Å²) in [6, 6.07) is 5.82. The van der Waals surface area contributed by atoms with Gasteiger partial charge in [0, 0.05) is 29.5 Å². The van der Waals surface area contributed by atoms with Crippen LogP contribution in [0.2, 0.25) is 5.02 Å². The summed E-state index contributed by atoms with van der Waals surface area (Å²) in [6.07, 6.45) is 1.38. The van der Waals surface area contributed by atoms with E-state index in [4.69, 9.17) is 21.8 Å². The van der Waals surface area contributed by atoms with E-state index in [1.807, 2.05) is 6.92 Å². The first-order valence-electron chi connectivity index (χ1n) is 6.47. The average molecular weight is 298 g/mol. The molecule has 2 atom stereocenters. The van der Waals surface area contributed by atoms with Crippen LogP contribution in [-0.4, -0.2) is 11.7 Å². The molecule has 108 valence electrons. The van der Waals surface area contributed by atoms with Crippen molar-refractivity contribution < 1.29 is 13.9 Å². The molecule has 0 aliphatic carbocycles. The minimum Gasteiger partial charge on any atom is -0.469 e. The van der Waals surface area contributed by atoms with E-state index >= 15 is 0 Å². The molecule has 0 spiro atoms. The first-order chi connectivity index (χ1) is 9.58. The van der Waals surface area contributed by atoms with Gasteiger partial charge in [-0.1, -0.05) is 24.6 Å². The molecule has 3 nitrogen and oxygen atoms in total. The number of benzene rings is 1. The van der Waals surface area contributed by atoms with E-state index in [9.17, 15) is 9.50 Å². The third-order valence-electron chi connectivity index (χ3n) is 3.42. The Labute approximate surface area is 122 Å². The molecule has 2 aromatic rings. The van der Waals surface area contributed by atoms with Crippen LogP contribution < -0.4 is 5.73 Å². The Hall–Kier alpha value is -1.36. The van der Waals surface area contributed by atoms with Gasteiger partial charge >= 0.3 is 0 Å². The molecule has 1 aromatic heterocycles. The van der Waals surface area contributed by atoms with E-state index in [1.54, 1.807) is 12.1 Å². The Kier molecular flexibility index (Phi) is 4.81. The molecule has 0 aliphatic rings. The van der Waals surface area contributed by atoms with Gasteiger partial charge in [-0.05, 0) is 23.8 Å². The second-order valence-electron chi connectivity index (χ2n) is 4.61. The minimum atomic E-state index is -0.836. The summed E-state index contributed by atoms with van der Waals surface area (Å²) < 4.78 is 18.4. The third kappa shape index (κ3) is 2.87. The fourth-order valence-corrected chi connectivity index (χ4v) is 2.65. The summed E-state index contributed by atoms with van der Waals surface area (Å²) in [5.74, 6) is -0.109. The highest BCUT2D eigenvalue weighted by molar-refractivity contribution is 6.31. The van der Waals surface area contributed by atoms with Crippen molar-refractivity contribution >= 4 is 11.6 Å². The van der Waals surface area contributed by atoms with Crippen molar-refractivity contribution in [2.24, 2.45) is 5.73 Å². The Morgan fingerprint density at radius 1 is 1.35 bits per heavy atom. The smallest absolute Gasteiger partial charge is 0.124 e. The third-order valence-corrected chi connectivity index (χ3v) is 3.74. The van der Waals surface area contributed by atoms with Crippen molar-refractivity contribution in [3.05, 3.63) is 58.3 Å². The Morgan fingerprint density at radius 3 is 2.70 bits per heavy atom. The number of furan rings is 1. The molecule has 0 amide bonds. The number of aliphatic hydroxyl groups is 1. The molecule has 5 heteroatoms. The lowest BCUT2D eigenvalue weighted by Gasteiger charge is -2.23. The van der Waals surface area contributed by atoms with E-state index in [0.29, 0.717) is 23.3 Å². The van der Waals surface area contributed by atoms with E-state index < -0.39 is 17.8 Å². The zero-order valence-corrected chi connectivity index (χ0v) is 11.9. The summed E-state index contributed by atoms with van der Waals surface area (Å²) in [5.41, 5.74) is 7.10. The van der Waals surface area contributed by atoms with E-state index in [0.717, 1.165) is 0 Å². The van der Waals surface area contributed by atoms with Crippen molar-refractivity contribution in [1.82, 2.24) is 0 Å². The monoisotopic (exact) mass is 297 g/mol. The maximum atomic E-state index is 13.1. The second kappa shape index (κ2) is 6.39. The first-order valence-corrected chi connectivity index (χ1v) is 6.85. The van der Waals surface area contributed by atoms with E-state index in [-0.39, 0.29) is 11.6 Å². The Bertz CT molecular complexity index is 585. The molecular formula is C15H17ClFNO2. The van der Waals surface area contributed by atoms with Crippen molar-refractivity contribution in [3.63, 3.8) is 0 Å². The van der Waals surface area contributed by atoms with E-state index in [2.05, 4.69) is 0 Å². The van der Waals surface area contributed by atoms with Crippen molar-refractivity contribution in [2.75, 3.05) is 6.54 Å². The lowest BCUT2D eigenvalue weighted by Crippen LogP contribution is -2.21. The van der Waals surface area contributed by atoms with Gasteiger partial charge in [-0.3, -0.25) is 0 Å². The maximum Gasteiger partial charge on any atom is 0.124 e. The fourth-order valence-electron chi connectivity index (χ4n) is 2.35. The van der Waals surface area contributed by atoms with Gasteiger partial charge < -0.3 is 15.3 Å². The SMILES string of the molecule is CCc1occc1C(O)C(CN)c1ccc(F)cc1Cl. The van der Waals surface area contributed by atoms with Gasteiger partial charge in [-0.15, -0.1) is 0 Å². The molecule has 1 aromatic carbocycles. The van der Waals surface area contributed by atoms with Crippen LogP contribution in [0.25, 0.3) is 0 Å². The topological polar surface area (TPSA) is 59.4 Å². The van der Waals surface area contributed by atoms with Crippen LogP contribution in [0.3, 0.4) is 0 Å². The number of halogens is 2. The zero-order chi connectivity index (χ0) is 14.7. The van der Waals surface area contributed by atoms with Crippen LogP contribution >= 0.6 is 11.6 Å². The van der Waals surface area contributed by atoms with Crippen LogP contribution in [0.1, 0.15) is 35.8 Å². The van der Waals surface area contributed by atoms with Crippen LogP contribution in [0.15, 0.2) is 34.9 Å². The molecule has 0 radical (unpaired) electrons. The van der Waals surface area contributed by atoms with Crippen LogP contribution in [-0.2, 0) is 6.42 Å². The zero-order valence-electron chi connectivity index (χ0n) is 11.1. The van der Waals surface area contributed by atoms with Crippen LogP contribution in [0.5, 0.6) is 0 Å². The largest absolute Gasteiger partial charge is 0.469 e. The molecule has 3 N–H and O–H groups in total. The van der Waals surface area contributed by atoms with Gasteiger partial charge in [0.05, 0.1) is 12.4 Å². The highest BCUT2D eigenvalue weighted by atomic mass is 35.5. The molecule has 0 bridgehead atoms. The molecule has 0 saturated heterocycles. The highest BCUT2D eigenvalue weighted by Gasteiger charge is 2.26. The summed E-state index contributed by atoms with van der Waals surface area (Å²) in [5, 5.41) is 10.8. The molecule has 0 saturated carbocycles. The number of hydrogen-bond acceptors (Lipinski definition) is 3. The van der Waals surface area contributed by atoms with Crippen LogP contribution in [0, 0.1) is 5.82 Å². The number of rotatable bonds is 5. The second-order valence-corrected chi connectivity index (χ2v) is 5.01. The molecular weight excluding hydrogens is 281 g/mol. The lowest BCUT2D eigenvalue weighted by atomic mass is 9.89. The van der Waals surface area contributed by atoms with Gasteiger partial charge in [0.1, 0.15) is 11.6 Å². The predicted octanol–water partition coefficient (Wildman–Crippen LogP) is 3.41. The summed E-state index contributed by atoms with van der Waals surface area (Å²) in [6.45, 7) is 2.14.